The van der Waals surface area contributed by atoms with E-state index in [1.807, 2.05) is 25.8 Å². The highest BCUT2D eigenvalue weighted by Gasteiger charge is 2.33. The van der Waals surface area contributed by atoms with Crippen molar-refractivity contribution in [2.45, 2.75) is 39.1 Å². The number of rotatable bonds is 6. The monoisotopic (exact) mass is 242 g/mol. The molecule has 0 spiro atoms. The summed E-state index contributed by atoms with van der Waals surface area (Å²) in [4.78, 5) is 14.1. The predicted octanol–water partition coefficient (Wildman–Crippen LogP) is 0.757. The van der Waals surface area contributed by atoms with Crippen LogP contribution in [0.3, 0.4) is 0 Å². The topological polar surface area (TPSA) is 50.8 Å². The van der Waals surface area contributed by atoms with Gasteiger partial charge in [-0.3, -0.25) is 10.1 Å². The quantitative estimate of drug-likeness (QED) is 0.747. The van der Waals surface area contributed by atoms with Gasteiger partial charge in [0, 0.05) is 13.6 Å². The molecule has 17 heavy (non-hydrogen) atoms. The van der Waals surface area contributed by atoms with E-state index in [0.717, 1.165) is 6.54 Å². The minimum atomic E-state index is -0.416. The summed E-state index contributed by atoms with van der Waals surface area (Å²) in [5.74, 6) is 1.07. The Morgan fingerprint density at radius 2 is 2.06 bits per heavy atom. The summed E-state index contributed by atoms with van der Waals surface area (Å²) >= 11 is 0. The van der Waals surface area contributed by atoms with Gasteiger partial charge in [0.25, 0.3) is 0 Å². The second-order valence-corrected chi connectivity index (χ2v) is 5.33. The molecule has 1 N–H and O–H groups in total. The maximum absolute atomic E-state index is 12.3. The van der Waals surface area contributed by atoms with E-state index in [9.17, 15) is 4.79 Å². The molecule has 2 aliphatic rings. The molecule has 1 amide bonds. The third-order valence-electron chi connectivity index (χ3n) is 3.29. The van der Waals surface area contributed by atoms with Crippen molar-refractivity contribution in [1.82, 2.24) is 10.2 Å². The fraction of sp³-hybridized carbons (Fsp3) is 0.917. The minimum absolute atomic E-state index is 0.131. The van der Waals surface area contributed by atoms with Crippen molar-refractivity contribution >= 4 is 5.91 Å². The molecule has 0 aromatic carbocycles. The van der Waals surface area contributed by atoms with Crippen LogP contribution in [0.4, 0.5) is 0 Å². The van der Waals surface area contributed by atoms with Gasteiger partial charge in [0.2, 0.25) is 12.3 Å². The number of hydrogen-bond donors (Lipinski definition) is 1. The third-order valence-corrected chi connectivity index (χ3v) is 3.29. The Hall–Kier alpha value is -0.650. The summed E-state index contributed by atoms with van der Waals surface area (Å²) < 4.78 is 10.3. The Kier molecular flexibility index (Phi) is 4.01. The van der Waals surface area contributed by atoms with Crippen LogP contribution in [0.5, 0.6) is 0 Å². The molecule has 2 fully saturated rings. The number of carbonyl (C=O) groups is 1. The van der Waals surface area contributed by atoms with Gasteiger partial charge in [-0.1, -0.05) is 13.8 Å². The molecule has 1 heterocycles. The van der Waals surface area contributed by atoms with Crippen molar-refractivity contribution in [1.29, 1.82) is 0 Å². The molecule has 5 heteroatoms. The molecule has 2 rings (SSSR count). The average Bonchev–Trinajstić information content (AvgIpc) is 2.98. The lowest BCUT2D eigenvalue weighted by atomic mass is 10.0. The van der Waals surface area contributed by atoms with E-state index in [1.165, 1.54) is 12.8 Å². The van der Waals surface area contributed by atoms with Crippen LogP contribution < -0.4 is 5.32 Å². The lowest BCUT2D eigenvalue weighted by Crippen LogP contribution is -2.56. The van der Waals surface area contributed by atoms with Gasteiger partial charge in [0.1, 0.15) is 0 Å². The molecule has 1 saturated heterocycles. The van der Waals surface area contributed by atoms with E-state index < -0.39 is 6.41 Å². The lowest BCUT2D eigenvalue weighted by Gasteiger charge is -2.34. The predicted molar refractivity (Wildman–Crippen MR) is 62.9 cm³/mol. The van der Waals surface area contributed by atoms with Gasteiger partial charge in [0.15, 0.2) is 6.79 Å². The highest BCUT2D eigenvalue weighted by atomic mass is 16.9. The summed E-state index contributed by atoms with van der Waals surface area (Å²) in [5, 5.41) is 3.09. The number of nitrogens with zero attached hydrogens (tertiary/aromatic N) is 1. The average molecular weight is 242 g/mol. The second kappa shape index (κ2) is 5.33. The molecule has 1 saturated carbocycles. The summed E-state index contributed by atoms with van der Waals surface area (Å²) in [6, 6.07) is -0.232. The third kappa shape index (κ3) is 3.40. The number of hydrogen-bond acceptors (Lipinski definition) is 4. The smallest absolute Gasteiger partial charge is 0.239 e. The van der Waals surface area contributed by atoms with E-state index in [4.69, 9.17) is 9.47 Å². The van der Waals surface area contributed by atoms with Gasteiger partial charge in [0.05, 0.1) is 6.04 Å². The Bertz CT molecular complexity index is 275. The van der Waals surface area contributed by atoms with Crippen LogP contribution in [-0.2, 0) is 14.3 Å². The standard InChI is InChI=1S/C12H22N2O3/c1-8(2)10(13-12-16-7-17-12)11(15)14(3)6-9-4-5-9/h8-10,12-13H,4-7H2,1-3H3/t10-/m0/s1. The zero-order chi connectivity index (χ0) is 12.4. The van der Waals surface area contributed by atoms with Crippen LogP contribution in [0.25, 0.3) is 0 Å². The van der Waals surface area contributed by atoms with E-state index in [1.54, 1.807) is 0 Å². The maximum Gasteiger partial charge on any atom is 0.239 e. The molecule has 0 aromatic rings. The molecule has 1 aliphatic carbocycles. The molecular formula is C12H22N2O3. The van der Waals surface area contributed by atoms with Crippen LogP contribution in [0.1, 0.15) is 26.7 Å². The molecule has 0 aromatic heterocycles. The minimum Gasteiger partial charge on any atom is -0.344 e. The normalized spacial score (nSPS) is 22.4. The number of nitrogens with one attached hydrogen (secondary N) is 1. The molecule has 98 valence electrons. The number of carbonyl (C=O) groups excluding carboxylic acids is 1. The first-order chi connectivity index (χ1) is 8.08. The Labute approximate surface area is 102 Å². The van der Waals surface area contributed by atoms with Crippen LogP contribution in [-0.4, -0.2) is 43.6 Å². The van der Waals surface area contributed by atoms with Gasteiger partial charge in [-0.15, -0.1) is 0 Å². The Balaban J connectivity index is 1.85. The van der Waals surface area contributed by atoms with Crippen molar-refractivity contribution in [2.75, 3.05) is 20.4 Å². The highest BCUT2D eigenvalue weighted by molar-refractivity contribution is 5.82. The van der Waals surface area contributed by atoms with Crippen molar-refractivity contribution in [3.8, 4) is 0 Å². The molecular weight excluding hydrogens is 220 g/mol. The molecule has 1 aliphatic heterocycles. The fourth-order valence-corrected chi connectivity index (χ4v) is 1.94. The molecule has 1 atom stereocenters. The van der Waals surface area contributed by atoms with Gasteiger partial charge < -0.3 is 14.4 Å². The van der Waals surface area contributed by atoms with Crippen LogP contribution in [0, 0.1) is 11.8 Å². The molecule has 0 unspecified atom stereocenters. The van der Waals surface area contributed by atoms with E-state index in [-0.39, 0.29) is 17.9 Å². The summed E-state index contributed by atoms with van der Waals surface area (Å²) in [6.45, 7) is 5.24. The van der Waals surface area contributed by atoms with Crippen LogP contribution >= 0.6 is 0 Å². The first-order valence-corrected chi connectivity index (χ1v) is 6.32. The largest absolute Gasteiger partial charge is 0.344 e. The highest BCUT2D eigenvalue weighted by Crippen LogP contribution is 2.29. The molecule has 0 radical (unpaired) electrons. The molecule has 5 nitrogen and oxygen atoms in total. The van der Waals surface area contributed by atoms with Gasteiger partial charge >= 0.3 is 0 Å². The molecule has 0 bridgehead atoms. The number of amides is 1. The number of ether oxygens (including phenoxy) is 2. The lowest BCUT2D eigenvalue weighted by molar-refractivity contribution is -0.335. The maximum atomic E-state index is 12.3. The zero-order valence-electron chi connectivity index (χ0n) is 10.8. The van der Waals surface area contributed by atoms with Gasteiger partial charge in [-0.05, 0) is 24.7 Å². The van der Waals surface area contributed by atoms with E-state index in [0.29, 0.717) is 12.7 Å². The Morgan fingerprint density at radius 1 is 1.41 bits per heavy atom. The van der Waals surface area contributed by atoms with Gasteiger partial charge in [-0.25, -0.2) is 0 Å². The summed E-state index contributed by atoms with van der Waals surface area (Å²) in [7, 11) is 1.88. The first-order valence-electron chi connectivity index (χ1n) is 6.32. The SMILES string of the molecule is CC(C)[C@H](NC1OCO1)C(=O)N(C)CC1CC1. The van der Waals surface area contributed by atoms with Crippen molar-refractivity contribution < 1.29 is 14.3 Å². The zero-order valence-corrected chi connectivity index (χ0v) is 10.8. The fourth-order valence-electron chi connectivity index (χ4n) is 1.94. The van der Waals surface area contributed by atoms with Crippen molar-refractivity contribution in [2.24, 2.45) is 11.8 Å². The first kappa shape index (κ1) is 12.8. The van der Waals surface area contributed by atoms with Crippen LogP contribution in [0.2, 0.25) is 0 Å². The van der Waals surface area contributed by atoms with Crippen LogP contribution in [0.15, 0.2) is 0 Å². The van der Waals surface area contributed by atoms with Crippen molar-refractivity contribution in [3.63, 3.8) is 0 Å². The Morgan fingerprint density at radius 3 is 2.47 bits per heavy atom. The number of likely N-dealkylation sites (N-methyl/N-ethyl adjacent to an activating group) is 1. The second-order valence-electron chi connectivity index (χ2n) is 5.33. The van der Waals surface area contributed by atoms with E-state index >= 15 is 0 Å². The summed E-state index contributed by atoms with van der Waals surface area (Å²) in [5.41, 5.74) is 0. The van der Waals surface area contributed by atoms with Gasteiger partial charge in [-0.2, -0.15) is 0 Å². The summed E-state index contributed by atoms with van der Waals surface area (Å²) in [6.07, 6.45) is 2.10. The van der Waals surface area contributed by atoms with E-state index in [2.05, 4.69) is 5.32 Å². The van der Waals surface area contributed by atoms with Crippen molar-refractivity contribution in [3.05, 3.63) is 0 Å².